The minimum absolute atomic E-state index is 0.101. The summed E-state index contributed by atoms with van der Waals surface area (Å²) in [5.41, 5.74) is 0.896. The van der Waals surface area contributed by atoms with Gasteiger partial charge in [0.05, 0.1) is 13.1 Å². The SMILES string of the molecule is CN1C(=O)CN2CC(NC(=O)C3CCCCC3)=CC=C21. The van der Waals surface area contributed by atoms with Crippen molar-refractivity contribution in [1.29, 1.82) is 0 Å². The molecule has 1 saturated heterocycles. The summed E-state index contributed by atoms with van der Waals surface area (Å²) < 4.78 is 0. The van der Waals surface area contributed by atoms with Gasteiger partial charge in [-0.2, -0.15) is 0 Å². The molecule has 2 aliphatic heterocycles. The summed E-state index contributed by atoms with van der Waals surface area (Å²) in [4.78, 5) is 27.5. The number of carbonyl (C=O) groups excluding carboxylic acids is 2. The summed E-state index contributed by atoms with van der Waals surface area (Å²) in [5.74, 6) is 1.33. The lowest BCUT2D eigenvalue weighted by Gasteiger charge is -2.27. The van der Waals surface area contributed by atoms with Crippen molar-refractivity contribution < 1.29 is 9.59 Å². The number of likely N-dealkylation sites (N-methyl/N-ethyl adjacent to an activating group) is 1. The van der Waals surface area contributed by atoms with Gasteiger partial charge in [-0.3, -0.25) is 9.59 Å². The minimum Gasteiger partial charge on any atom is -0.343 e. The van der Waals surface area contributed by atoms with Crippen LogP contribution in [0.2, 0.25) is 0 Å². The van der Waals surface area contributed by atoms with Crippen LogP contribution in [0.15, 0.2) is 23.7 Å². The smallest absolute Gasteiger partial charge is 0.247 e. The molecule has 0 bridgehead atoms. The molecule has 0 spiro atoms. The van der Waals surface area contributed by atoms with E-state index in [2.05, 4.69) is 5.32 Å². The number of nitrogens with one attached hydrogen (secondary N) is 1. The summed E-state index contributed by atoms with van der Waals surface area (Å²) in [6, 6.07) is 0. The van der Waals surface area contributed by atoms with Crippen molar-refractivity contribution in [2.75, 3.05) is 20.1 Å². The fourth-order valence-electron chi connectivity index (χ4n) is 3.18. The number of nitrogens with zero attached hydrogens (tertiary/aromatic N) is 2. The van der Waals surface area contributed by atoms with Crippen molar-refractivity contribution in [1.82, 2.24) is 15.1 Å². The Morgan fingerprint density at radius 3 is 2.70 bits per heavy atom. The van der Waals surface area contributed by atoms with E-state index in [-0.39, 0.29) is 17.7 Å². The van der Waals surface area contributed by atoms with Gasteiger partial charge in [-0.25, -0.2) is 0 Å². The Hall–Kier alpha value is -1.78. The molecule has 20 heavy (non-hydrogen) atoms. The number of carbonyl (C=O) groups is 2. The second-order valence-electron chi connectivity index (χ2n) is 5.85. The third kappa shape index (κ3) is 2.44. The molecule has 108 valence electrons. The maximum absolute atomic E-state index is 12.2. The lowest BCUT2D eigenvalue weighted by molar-refractivity contribution is -0.125. The van der Waals surface area contributed by atoms with E-state index < -0.39 is 0 Å². The van der Waals surface area contributed by atoms with E-state index in [1.165, 1.54) is 6.42 Å². The molecule has 3 aliphatic rings. The quantitative estimate of drug-likeness (QED) is 0.824. The zero-order valence-electron chi connectivity index (χ0n) is 11.9. The summed E-state index contributed by atoms with van der Waals surface area (Å²) in [6.07, 6.45) is 9.41. The monoisotopic (exact) mass is 275 g/mol. The van der Waals surface area contributed by atoms with E-state index in [1.807, 2.05) is 17.1 Å². The summed E-state index contributed by atoms with van der Waals surface area (Å²) in [5, 5.41) is 3.04. The van der Waals surface area contributed by atoms with Crippen LogP contribution in [-0.2, 0) is 9.59 Å². The van der Waals surface area contributed by atoms with Gasteiger partial charge in [0.25, 0.3) is 0 Å². The zero-order valence-corrected chi connectivity index (χ0v) is 11.9. The molecular formula is C15H21N3O2. The highest BCUT2D eigenvalue weighted by Crippen LogP contribution is 2.25. The number of fused-ring (bicyclic) bond motifs is 1. The molecule has 0 aromatic carbocycles. The van der Waals surface area contributed by atoms with E-state index in [9.17, 15) is 9.59 Å². The molecule has 0 atom stereocenters. The van der Waals surface area contributed by atoms with Gasteiger partial charge in [-0.1, -0.05) is 19.3 Å². The Morgan fingerprint density at radius 2 is 1.95 bits per heavy atom. The van der Waals surface area contributed by atoms with Crippen LogP contribution in [-0.4, -0.2) is 41.8 Å². The molecule has 0 radical (unpaired) electrons. The Bertz CT molecular complexity index is 489. The van der Waals surface area contributed by atoms with Crippen LogP contribution < -0.4 is 5.32 Å². The maximum Gasteiger partial charge on any atom is 0.247 e. The molecule has 2 fully saturated rings. The van der Waals surface area contributed by atoms with Crippen molar-refractivity contribution >= 4 is 11.8 Å². The largest absolute Gasteiger partial charge is 0.343 e. The van der Waals surface area contributed by atoms with Gasteiger partial charge in [0.1, 0.15) is 5.82 Å². The Kier molecular flexibility index (Phi) is 3.51. The Balaban J connectivity index is 1.62. The predicted octanol–water partition coefficient (Wildman–Crippen LogP) is 1.20. The molecule has 0 aromatic heterocycles. The molecule has 2 amide bonds. The molecule has 5 nitrogen and oxygen atoms in total. The van der Waals surface area contributed by atoms with Crippen molar-refractivity contribution in [3.63, 3.8) is 0 Å². The van der Waals surface area contributed by atoms with Crippen LogP contribution in [0.25, 0.3) is 0 Å². The highest BCUT2D eigenvalue weighted by molar-refractivity contribution is 5.83. The summed E-state index contributed by atoms with van der Waals surface area (Å²) >= 11 is 0. The second kappa shape index (κ2) is 5.31. The van der Waals surface area contributed by atoms with Crippen molar-refractivity contribution in [3.05, 3.63) is 23.7 Å². The second-order valence-corrected chi connectivity index (χ2v) is 5.85. The first kappa shape index (κ1) is 13.2. The van der Waals surface area contributed by atoms with E-state index in [4.69, 9.17) is 0 Å². The highest BCUT2D eigenvalue weighted by atomic mass is 16.2. The molecule has 0 unspecified atom stereocenters. The summed E-state index contributed by atoms with van der Waals surface area (Å²) in [7, 11) is 1.79. The van der Waals surface area contributed by atoms with E-state index in [1.54, 1.807) is 11.9 Å². The number of hydrogen-bond donors (Lipinski definition) is 1. The molecule has 3 rings (SSSR count). The van der Waals surface area contributed by atoms with Crippen LogP contribution in [0.5, 0.6) is 0 Å². The Morgan fingerprint density at radius 1 is 1.20 bits per heavy atom. The third-order valence-corrected chi connectivity index (χ3v) is 4.42. The first-order valence-electron chi connectivity index (χ1n) is 7.38. The average Bonchev–Trinajstić information content (AvgIpc) is 2.74. The molecule has 1 N–H and O–H groups in total. The van der Waals surface area contributed by atoms with Gasteiger partial charge in [0.15, 0.2) is 0 Å². The van der Waals surface area contributed by atoms with E-state index >= 15 is 0 Å². The number of allylic oxidation sites excluding steroid dienone is 2. The fraction of sp³-hybridized carbons (Fsp3) is 0.600. The van der Waals surface area contributed by atoms with Gasteiger partial charge in [-0.15, -0.1) is 0 Å². The molecule has 0 aromatic rings. The van der Waals surface area contributed by atoms with Crippen molar-refractivity contribution in [2.45, 2.75) is 32.1 Å². The van der Waals surface area contributed by atoms with Crippen molar-refractivity contribution in [2.24, 2.45) is 5.92 Å². The van der Waals surface area contributed by atoms with Crippen LogP contribution >= 0.6 is 0 Å². The van der Waals surface area contributed by atoms with Gasteiger partial charge in [0.2, 0.25) is 11.8 Å². The maximum atomic E-state index is 12.2. The normalized spacial score (nSPS) is 23.4. The molecule has 5 heteroatoms. The molecular weight excluding hydrogens is 254 g/mol. The van der Waals surface area contributed by atoms with E-state index in [0.29, 0.717) is 13.1 Å². The first-order valence-corrected chi connectivity index (χ1v) is 7.38. The topological polar surface area (TPSA) is 52.7 Å². The average molecular weight is 275 g/mol. The van der Waals surface area contributed by atoms with Crippen LogP contribution in [0.1, 0.15) is 32.1 Å². The van der Waals surface area contributed by atoms with Gasteiger partial charge in [0, 0.05) is 18.7 Å². The van der Waals surface area contributed by atoms with Crippen molar-refractivity contribution in [3.8, 4) is 0 Å². The highest BCUT2D eigenvalue weighted by Gasteiger charge is 2.32. The van der Waals surface area contributed by atoms with Gasteiger partial charge in [-0.05, 0) is 25.0 Å². The van der Waals surface area contributed by atoms with Crippen LogP contribution in [0, 0.1) is 5.92 Å². The third-order valence-electron chi connectivity index (χ3n) is 4.42. The lowest BCUT2D eigenvalue weighted by atomic mass is 9.88. The predicted molar refractivity (Wildman–Crippen MR) is 75.2 cm³/mol. The fourth-order valence-corrected chi connectivity index (χ4v) is 3.18. The zero-order chi connectivity index (χ0) is 14.1. The molecule has 1 saturated carbocycles. The van der Waals surface area contributed by atoms with Crippen LogP contribution in [0.4, 0.5) is 0 Å². The number of rotatable bonds is 2. The van der Waals surface area contributed by atoms with Gasteiger partial charge < -0.3 is 15.1 Å². The van der Waals surface area contributed by atoms with Crippen LogP contribution in [0.3, 0.4) is 0 Å². The summed E-state index contributed by atoms with van der Waals surface area (Å²) in [6.45, 7) is 1.01. The van der Waals surface area contributed by atoms with E-state index in [0.717, 1.165) is 37.2 Å². The molecule has 1 aliphatic carbocycles. The van der Waals surface area contributed by atoms with Gasteiger partial charge >= 0.3 is 0 Å². The standard InChI is InChI=1S/C15H21N3O2/c1-17-13-8-7-12(9-18(13)10-14(17)19)16-15(20)11-5-3-2-4-6-11/h7-8,11H,2-6,9-10H2,1H3,(H,16,20). The Labute approximate surface area is 119 Å². The number of hydrogen-bond acceptors (Lipinski definition) is 3. The minimum atomic E-state index is 0.101. The molecule has 2 heterocycles. The lowest BCUT2D eigenvalue weighted by Crippen LogP contribution is -2.37. The number of amides is 2. The first-order chi connectivity index (χ1) is 9.65.